The van der Waals surface area contributed by atoms with E-state index in [-0.39, 0.29) is 198 Å². The maximum atomic E-state index is 11.4. The van der Waals surface area contributed by atoms with E-state index in [1.807, 2.05) is 14.7 Å². The van der Waals surface area contributed by atoms with Gasteiger partial charge in [-0.2, -0.15) is 0 Å². The van der Waals surface area contributed by atoms with Crippen LogP contribution in [0, 0.1) is 0 Å². The van der Waals surface area contributed by atoms with Crippen LogP contribution in [0.5, 0.6) is 0 Å². The van der Waals surface area contributed by atoms with E-state index in [9.17, 15) is 38.4 Å². The summed E-state index contributed by atoms with van der Waals surface area (Å²) in [5, 5.41) is -5.77. The van der Waals surface area contributed by atoms with Gasteiger partial charge in [0.15, 0.2) is 26.4 Å². The van der Waals surface area contributed by atoms with Crippen molar-refractivity contribution >= 4 is 135 Å². The fourth-order valence-electron chi connectivity index (χ4n) is 6.99. The number of ether oxygens (including phenoxy) is 12. The lowest BCUT2D eigenvalue weighted by atomic mass is 10.2. The maximum Gasteiger partial charge on any atom is 0.250 e. The Morgan fingerprint density at radius 3 is 0.830 bits per heavy atom. The van der Waals surface area contributed by atoms with Crippen molar-refractivity contribution in [3.8, 4) is 0 Å². The highest BCUT2D eigenvalue weighted by atomic mass is 35.5. The summed E-state index contributed by atoms with van der Waals surface area (Å²) in [5.74, 6) is 0. The molecule has 0 amide bonds. The minimum atomic E-state index is -0.986. The molecule has 40 heteroatoms. The van der Waals surface area contributed by atoms with Gasteiger partial charge in [0.25, 0.3) is 21.0 Å². The number of rotatable bonds is 73. The van der Waals surface area contributed by atoms with Crippen molar-refractivity contribution in [1.82, 2.24) is 19.6 Å². The molecule has 0 aliphatic rings. The Kier molecular flexibility index (Phi) is 87.5. The van der Waals surface area contributed by atoms with E-state index >= 15 is 0 Å². The average molecular weight is 1610 g/mol. The third-order valence-corrected chi connectivity index (χ3v) is 12.2. The van der Waals surface area contributed by atoms with Crippen LogP contribution < -0.4 is 0 Å². The van der Waals surface area contributed by atoms with Crippen LogP contribution in [0.3, 0.4) is 0 Å². The number of halogens is 8. The van der Waals surface area contributed by atoms with E-state index in [4.69, 9.17) is 189 Å². The third-order valence-electron chi connectivity index (χ3n) is 11.3. The van der Waals surface area contributed by atoms with Crippen LogP contribution in [0.15, 0.2) is 52.6 Å². The first kappa shape index (κ1) is 106. The fourth-order valence-corrected chi connectivity index (χ4v) is 7.48. The Labute approximate surface area is 626 Å². The quantitative estimate of drug-likeness (QED) is 0.0194. The summed E-state index contributed by atoms with van der Waals surface area (Å²) < 4.78 is 70.7. The van der Waals surface area contributed by atoms with Gasteiger partial charge in [-0.25, -0.2) is 39.1 Å². The molecule has 0 radical (unpaired) electrons. The molecule has 0 saturated carbocycles. The number of carbonyl (C=O) groups excluding carboxylic acids is 8. The second kappa shape index (κ2) is 82.3. The average Bonchev–Trinajstić information content (AvgIpc) is 0.895. The van der Waals surface area contributed by atoms with Crippen molar-refractivity contribution in [1.29, 1.82) is 0 Å². The van der Waals surface area contributed by atoms with Gasteiger partial charge in [-0.05, 0) is 107 Å². The minimum absolute atomic E-state index is 0.0271. The van der Waals surface area contributed by atoms with Gasteiger partial charge >= 0.3 is 0 Å². The monoisotopic (exact) mass is 1610 g/mol. The molecule has 0 aromatic carbocycles. The van der Waals surface area contributed by atoms with Crippen molar-refractivity contribution in [2.45, 2.75) is 38.5 Å². The van der Waals surface area contributed by atoms with Gasteiger partial charge in [-0.15, -0.1) is 52.6 Å². The predicted octanol–water partition coefficient (Wildman–Crippen LogP) is 4.95. The zero-order valence-corrected chi connectivity index (χ0v) is 63.1. The lowest BCUT2D eigenvalue weighted by molar-refractivity contribution is -0.299. The molecule has 0 aromatic rings. The number of hydrogen-bond donors (Lipinski definition) is 0. The zero-order chi connectivity index (χ0) is 76.2. The molecule has 0 saturated heterocycles. The molecule has 0 aromatic heterocycles. The van der Waals surface area contributed by atoms with E-state index in [0.717, 1.165) is 0 Å². The summed E-state index contributed by atoms with van der Waals surface area (Å²) in [7, 11) is 0. The second-order valence-electron chi connectivity index (χ2n) is 18.3. The third kappa shape index (κ3) is 79.8. The standard InChI is InChI=1S/C52H86Cl8N4O28.4C2H4/c1-41(63(9-16-75-25-29-80-35-47(55)67)10-17-76-26-30-81-36-48(56)68)83-32-43(82-18-6-61(3-13-73-23-27-78-33-45(53)65)4-14-74-24-28-79-34-46(54)66)44(92-42(2)64(11-21-86-90-39-51(59)71)12-22-87-91-40-52(60)72)31-77-15-5-62(7-19-84-88-37-49(57)69)8-20-85-89-38-50(58)70;4*1-2/h41-44H,3-40H2,1-2H3;4*1-2H2. The van der Waals surface area contributed by atoms with Gasteiger partial charge in [0.05, 0.1) is 132 Å². The van der Waals surface area contributed by atoms with Gasteiger partial charge in [-0.1, -0.05) is 0 Å². The summed E-state index contributed by atoms with van der Waals surface area (Å²) in [6.07, 6.45) is -3.46. The molecule has 0 aliphatic heterocycles. The normalized spacial score (nSPS) is 12.3. The molecule has 4 atom stereocenters. The Hall–Kier alpha value is -2.32. The second-order valence-corrected chi connectivity index (χ2v) is 21.7. The summed E-state index contributed by atoms with van der Waals surface area (Å²) in [6, 6.07) is 0. The molecule has 0 aliphatic carbocycles. The molecule has 0 bridgehead atoms. The molecule has 586 valence electrons. The summed E-state index contributed by atoms with van der Waals surface area (Å²) in [5.41, 5.74) is 0. The van der Waals surface area contributed by atoms with Crippen LogP contribution in [0.4, 0.5) is 0 Å². The van der Waals surface area contributed by atoms with E-state index in [2.05, 4.69) is 52.6 Å². The molecule has 0 N–H and O–H groups in total. The van der Waals surface area contributed by atoms with E-state index in [0.29, 0.717) is 26.2 Å². The smallest absolute Gasteiger partial charge is 0.250 e. The van der Waals surface area contributed by atoms with Crippen LogP contribution >= 0.6 is 92.8 Å². The van der Waals surface area contributed by atoms with Crippen LogP contribution in [0.25, 0.3) is 0 Å². The van der Waals surface area contributed by atoms with Crippen molar-refractivity contribution in [2.75, 3.05) is 250 Å². The minimum Gasteiger partial charge on any atom is -0.378 e. The van der Waals surface area contributed by atoms with Crippen molar-refractivity contribution in [3.05, 3.63) is 52.6 Å². The van der Waals surface area contributed by atoms with Crippen molar-refractivity contribution in [3.63, 3.8) is 0 Å². The van der Waals surface area contributed by atoms with Gasteiger partial charge in [0, 0.05) is 65.4 Å². The van der Waals surface area contributed by atoms with Crippen LogP contribution in [0.2, 0.25) is 0 Å². The molecular formula is C60H102Cl8N4O28. The van der Waals surface area contributed by atoms with E-state index in [1.165, 1.54) is 0 Å². The van der Waals surface area contributed by atoms with Gasteiger partial charge in [0.1, 0.15) is 51.1 Å². The molecule has 100 heavy (non-hydrogen) atoms. The zero-order valence-electron chi connectivity index (χ0n) is 57.1. The number of carbonyl (C=O) groups is 8. The first-order valence-electron chi connectivity index (χ1n) is 30.6. The lowest BCUT2D eigenvalue weighted by Crippen LogP contribution is -2.49. The molecule has 32 nitrogen and oxygen atoms in total. The highest BCUT2D eigenvalue weighted by molar-refractivity contribution is 6.65. The molecule has 0 spiro atoms. The van der Waals surface area contributed by atoms with Crippen molar-refractivity contribution in [2.24, 2.45) is 0 Å². The van der Waals surface area contributed by atoms with Crippen LogP contribution in [0.1, 0.15) is 13.8 Å². The van der Waals surface area contributed by atoms with Crippen LogP contribution in [-0.2, 0) is 134 Å². The summed E-state index contributed by atoms with van der Waals surface area (Å²) >= 11 is 43.2. The van der Waals surface area contributed by atoms with E-state index in [1.54, 1.807) is 18.7 Å². The topological polar surface area (TPSA) is 334 Å². The van der Waals surface area contributed by atoms with Gasteiger partial charge < -0.3 is 56.8 Å². The molecule has 4 unspecified atom stereocenters. The number of nitrogens with zero attached hydrogens (tertiary/aromatic N) is 4. The SMILES string of the molecule is C=C.C=C.C=C.C=C.CC(OCC(OCCN(CCOCCOCC(=O)Cl)CCOCCOCC(=O)Cl)C(COCCN(CCOOCC(=O)Cl)CCOOCC(=O)Cl)OC(C)N(CCOOCC(=O)Cl)CCOOCC(=O)Cl)N(CCOCCOCC(=O)Cl)CCOCCOCC(=O)Cl. The molecule has 0 heterocycles. The summed E-state index contributed by atoms with van der Waals surface area (Å²) in [4.78, 5) is 138. The van der Waals surface area contributed by atoms with Gasteiger partial charge in [-0.3, -0.25) is 58.0 Å². The first-order valence-corrected chi connectivity index (χ1v) is 33.7. The lowest BCUT2D eigenvalue weighted by Gasteiger charge is -2.36. The van der Waals surface area contributed by atoms with Crippen LogP contribution in [-0.4, -0.2) is 337 Å². The van der Waals surface area contributed by atoms with E-state index < -0.39 is 93.0 Å². The molecular weight excluding hydrogens is 1510 g/mol. The fraction of sp³-hybridized carbons (Fsp3) is 0.733. The predicted molar refractivity (Wildman–Crippen MR) is 372 cm³/mol. The molecule has 0 rings (SSSR count). The molecule has 0 fully saturated rings. The Balaban J connectivity index is -0.00000362. The Bertz CT molecular complexity index is 1890. The Morgan fingerprint density at radius 2 is 0.510 bits per heavy atom. The number of hydrogen-bond acceptors (Lipinski definition) is 32. The maximum absolute atomic E-state index is 11.4. The Morgan fingerprint density at radius 1 is 0.260 bits per heavy atom. The first-order chi connectivity index (χ1) is 48.2. The largest absolute Gasteiger partial charge is 0.378 e. The highest BCUT2D eigenvalue weighted by Gasteiger charge is 2.30. The van der Waals surface area contributed by atoms with Gasteiger partial charge in [0.2, 0.25) is 21.0 Å². The summed E-state index contributed by atoms with van der Waals surface area (Å²) in [6.45, 7) is 28.2. The van der Waals surface area contributed by atoms with Crippen molar-refractivity contribution < 1.29 is 134 Å². The highest BCUT2D eigenvalue weighted by Crippen LogP contribution is 2.16.